The molecular formula is C14H23BrN2S. The zero-order valence-corrected chi connectivity index (χ0v) is 14.1. The average Bonchev–Trinajstić information content (AvgIpc) is 2.29. The van der Waals surface area contributed by atoms with Crippen LogP contribution in [-0.4, -0.2) is 37.8 Å². The Morgan fingerprint density at radius 2 is 2.11 bits per heavy atom. The first-order valence-corrected chi connectivity index (χ1v) is 8.12. The Morgan fingerprint density at radius 1 is 1.39 bits per heavy atom. The predicted molar refractivity (Wildman–Crippen MR) is 85.5 cm³/mol. The van der Waals surface area contributed by atoms with E-state index in [2.05, 4.69) is 72.3 Å². The van der Waals surface area contributed by atoms with Gasteiger partial charge in [-0.1, -0.05) is 28.9 Å². The molecule has 1 aromatic rings. The summed E-state index contributed by atoms with van der Waals surface area (Å²) in [6, 6.07) is 6.97. The van der Waals surface area contributed by atoms with Crippen LogP contribution < -0.4 is 5.32 Å². The van der Waals surface area contributed by atoms with E-state index in [1.54, 1.807) is 0 Å². The molecule has 0 aliphatic heterocycles. The van der Waals surface area contributed by atoms with E-state index in [1.807, 2.05) is 11.8 Å². The molecule has 0 amide bonds. The smallest absolute Gasteiger partial charge is 0.0302 e. The molecule has 1 atom stereocenters. The molecule has 0 saturated heterocycles. The quantitative estimate of drug-likeness (QED) is 0.766. The molecule has 1 aromatic carbocycles. The highest BCUT2D eigenvalue weighted by Crippen LogP contribution is 2.30. The highest BCUT2D eigenvalue weighted by molar-refractivity contribution is 9.10. The second kappa shape index (κ2) is 8.20. The Hall–Kier alpha value is -0.0300. The summed E-state index contributed by atoms with van der Waals surface area (Å²) in [5.41, 5.74) is 1.39. The SMILES string of the molecule is CCNC(C)c1ccc(Br)cc1SCCN(C)C. The van der Waals surface area contributed by atoms with Crippen molar-refractivity contribution >= 4 is 27.7 Å². The largest absolute Gasteiger partial charge is 0.310 e. The van der Waals surface area contributed by atoms with Crippen molar-refractivity contribution in [3.05, 3.63) is 28.2 Å². The van der Waals surface area contributed by atoms with Crippen LogP contribution in [0.5, 0.6) is 0 Å². The van der Waals surface area contributed by atoms with Crippen molar-refractivity contribution in [1.29, 1.82) is 0 Å². The zero-order chi connectivity index (χ0) is 13.5. The van der Waals surface area contributed by atoms with Gasteiger partial charge in [0.05, 0.1) is 0 Å². The molecule has 102 valence electrons. The van der Waals surface area contributed by atoms with Crippen molar-refractivity contribution in [2.24, 2.45) is 0 Å². The molecule has 1 N–H and O–H groups in total. The first-order chi connectivity index (χ1) is 8.54. The third kappa shape index (κ3) is 5.31. The Kier molecular flexibility index (Phi) is 7.30. The average molecular weight is 331 g/mol. The number of nitrogens with one attached hydrogen (secondary N) is 1. The number of hydrogen-bond acceptors (Lipinski definition) is 3. The highest BCUT2D eigenvalue weighted by Gasteiger charge is 2.10. The van der Waals surface area contributed by atoms with Crippen molar-refractivity contribution < 1.29 is 0 Å². The van der Waals surface area contributed by atoms with Crippen molar-refractivity contribution in [1.82, 2.24) is 10.2 Å². The Morgan fingerprint density at radius 3 is 2.72 bits per heavy atom. The normalized spacial score (nSPS) is 13.0. The molecule has 2 nitrogen and oxygen atoms in total. The maximum absolute atomic E-state index is 3.56. The van der Waals surface area contributed by atoms with Crippen LogP contribution in [0, 0.1) is 0 Å². The molecule has 0 saturated carbocycles. The van der Waals surface area contributed by atoms with Crippen LogP contribution in [0.15, 0.2) is 27.6 Å². The van der Waals surface area contributed by atoms with Crippen molar-refractivity contribution in [3.63, 3.8) is 0 Å². The third-order valence-corrected chi connectivity index (χ3v) is 4.29. The molecule has 0 aromatic heterocycles. The van der Waals surface area contributed by atoms with Gasteiger partial charge in [-0.15, -0.1) is 11.8 Å². The van der Waals surface area contributed by atoms with E-state index in [4.69, 9.17) is 0 Å². The van der Waals surface area contributed by atoms with Gasteiger partial charge in [0.25, 0.3) is 0 Å². The fourth-order valence-corrected chi connectivity index (χ4v) is 3.56. The van der Waals surface area contributed by atoms with E-state index in [0.29, 0.717) is 6.04 Å². The lowest BCUT2D eigenvalue weighted by Crippen LogP contribution is -2.19. The van der Waals surface area contributed by atoms with Crippen LogP contribution in [0.1, 0.15) is 25.5 Å². The summed E-state index contributed by atoms with van der Waals surface area (Å²) in [6.45, 7) is 6.47. The van der Waals surface area contributed by atoms with Crippen LogP contribution in [0.4, 0.5) is 0 Å². The molecule has 0 aliphatic rings. The summed E-state index contributed by atoms with van der Waals surface area (Å²) in [7, 11) is 4.23. The molecule has 0 aliphatic carbocycles. The lowest BCUT2D eigenvalue weighted by Gasteiger charge is -2.18. The molecule has 0 bridgehead atoms. The van der Waals surface area contributed by atoms with Crippen molar-refractivity contribution in [2.45, 2.75) is 24.8 Å². The highest BCUT2D eigenvalue weighted by atomic mass is 79.9. The van der Waals surface area contributed by atoms with Gasteiger partial charge in [-0.3, -0.25) is 0 Å². The summed E-state index contributed by atoms with van der Waals surface area (Å²) in [4.78, 5) is 3.60. The summed E-state index contributed by atoms with van der Waals surface area (Å²) < 4.78 is 1.15. The fourth-order valence-electron chi connectivity index (χ4n) is 1.75. The van der Waals surface area contributed by atoms with Crippen LogP contribution in [0.2, 0.25) is 0 Å². The van der Waals surface area contributed by atoms with Gasteiger partial charge >= 0.3 is 0 Å². The number of halogens is 1. The fraction of sp³-hybridized carbons (Fsp3) is 0.571. The molecule has 18 heavy (non-hydrogen) atoms. The second-order valence-corrected chi connectivity index (χ2v) is 6.67. The standard InChI is InChI=1S/C14H23BrN2S/c1-5-16-11(2)13-7-6-12(15)10-14(13)18-9-8-17(3)4/h6-7,10-11,16H,5,8-9H2,1-4H3. The Balaban J connectivity index is 2.76. The van der Waals surface area contributed by atoms with Crippen LogP contribution in [0.25, 0.3) is 0 Å². The third-order valence-electron chi connectivity index (χ3n) is 2.75. The van der Waals surface area contributed by atoms with E-state index in [9.17, 15) is 0 Å². The van der Waals surface area contributed by atoms with E-state index in [-0.39, 0.29) is 0 Å². The molecule has 0 heterocycles. The van der Waals surface area contributed by atoms with Gasteiger partial charge in [0.15, 0.2) is 0 Å². The lowest BCUT2D eigenvalue weighted by atomic mass is 10.1. The maximum atomic E-state index is 3.56. The predicted octanol–water partition coefficient (Wildman–Crippen LogP) is 3.77. The maximum Gasteiger partial charge on any atom is 0.0302 e. The number of benzene rings is 1. The number of thioether (sulfide) groups is 1. The van der Waals surface area contributed by atoms with E-state index >= 15 is 0 Å². The minimum atomic E-state index is 0.407. The first-order valence-electron chi connectivity index (χ1n) is 6.35. The molecule has 0 radical (unpaired) electrons. The van der Waals surface area contributed by atoms with Gasteiger partial charge < -0.3 is 10.2 Å². The topological polar surface area (TPSA) is 15.3 Å². The number of nitrogens with zero attached hydrogens (tertiary/aromatic N) is 1. The molecule has 1 rings (SSSR count). The lowest BCUT2D eigenvalue weighted by molar-refractivity contribution is 0.437. The number of rotatable bonds is 7. The Bertz CT molecular complexity index is 369. The van der Waals surface area contributed by atoms with Gasteiger partial charge in [-0.2, -0.15) is 0 Å². The minimum absolute atomic E-state index is 0.407. The van der Waals surface area contributed by atoms with E-state index < -0.39 is 0 Å². The molecular weight excluding hydrogens is 308 g/mol. The molecule has 4 heteroatoms. The van der Waals surface area contributed by atoms with Gasteiger partial charge in [0.1, 0.15) is 0 Å². The first kappa shape index (κ1) is 16.0. The molecule has 0 spiro atoms. The van der Waals surface area contributed by atoms with Crippen LogP contribution >= 0.6 is 27.7 Å². The zero-order valence-electron chi connectivity index (χ0n) is 11.7. The van der Waals surface area contributed by atoms with Crippen molar-refractivity contribution in [2.75, 3.05) is 32.9 Å². The summed E-state index contributed by atoms with van der Waals surface area (Å²) in [6.07, 6.45) is 0. The molecule has 1 unspecified atom stereocenters. The van der Waals surface area contributed by atoms with Gasteiger partial charge in [-0.25, -0.2) is 0 Å². The second-order valence-electron chi connectivity index (χ2n) is 4.61. The summed E-state index contributed by atoms with van der Waals surface area (Å²) >= 11 is 5.49. The monoisotopic (exact) mass is 330 g/mol. The molecule has 0 fully saturated rings. The van der Waals surface area contributed by atoms with E-state index in [1.165, 1.54) is 10.5 Å². The van der Waals surface area contributed by atoms with Gasteiger partial charge in [0.2, 0.25) is 0 Å². The van der Waals surface area contributed by atoms with Crippen molar-refractivity contribution in [3.8, 4) is 0 Å². The Labute approximate surface area is 124 Å². The van der Waals surface area contributed by atoms with Gasteiger partial charge in [-0.05, 0) is 45.3 Å². The van der Waals surface area contributed by atoms with E-state index in [0.717, 1.165) is 23.3 Å². The van der Waals surface area contributed by atoms with Crippen LogP contribution in [0.3, 0.4) is 0 Å². The summed E-state index contributed by atoms with van der Waals surface area (Å²) in [5, 5.41) is 3.48. The number of hydrogen-bond donors (Lipinski definition) is 1. The minimum Gasteiger partial charge on any atom is -0.310 e. The van der Waals surface area contributed by atoms with Crippen LogP contribution in [-0.2, 0) is 0 Å². The van der Waals surface area contributed by atoms with Gasteiger partial charge in [0, 0.05) is 27.7 Å². The summed E-state index contributed by atoms with van der Waals surface area (Å²) in [5.74, 6) is 1.12.